The van der Waals surface area contributed by atoms with Crippen molar-refractivity contribution in [3.8, 4) is 0 Å². The molecule has 1 aromatic heterocycles. The van der Waals surface area contributed by atoms with Crippen molar-refractivity contribution in [2.45, 2.75) is 26.3 Å². The molecule has 0 unspecified atom stereocenters. The Kier molecular flexibility index (Phi) is 7.25. The first-order valence-corrected chi connectivity index (χ1v) is 11.2. The molecule has 1 N–H and O–H groups in total. The number of aryl methyl sites for hydroxylation is 1. The lowest BCUT2D eigenvalue weighted by molar-refractivity contribution is -0.136. The summed E-state index contributed by atoms with van der Waals surface area (Å²) in [6.07, 6.45) is 1.38. The van der Waals surface area contributed by atoms with Gasteiger partial charge >= 0.3 is 12.1 Å². The van der Waals surface area contributed by atoms with Crippen LogP contribution in [0.4, 0.5) is 10.5 Å². The van der Waals surface area contributed by atoms with Crippen molar-refractivity contribution in [2.75, 3.05) is 18.5 Å². The highest BCUT2D eigenvalue weighted by Gasteiger charge is 2.35. The van der Waals surface area contributed by atoms with E-state index >= 15 is 0 Å². The van der Waals surface area contributed by atoms with Crippen LogP contribution >= 0.6 is 0 Å². The summed E-state index contributed by atoms with van der Waals surface area (Å²) in [5.74, 6) is -0.599. The van der Waals surface area contributed by atoms with Crippen LogP contribution in [-0.4, -0.2) is 41.9 Å². The molecule has 9 heteroatoms. The molecule has 0 fully saturated rings. The summed E-state index contributed by atoms with van der Waals surface area (Å²) in [4.78, 5) is 37.2. The summed E-state index contributed by atoms with van der Waals surface area (Å²) in [5.41, 5.74) is 3.32. The van der Waals surface area contributed by atoms with Crippen molar-refractivity contribution >= 4 is 29.4 Å². The van der Waals surface area contributed by atoms with Crippen LogP contribution in [0.25, 0.3) is 0 Å². The number of carbonyl (C=O) groups is 3. The summed E-state index contributed by atoms with van der Waals surface area (Å²) in [6, 6.07) is 17.1. The highest BCUT2D eigenvalue weighted by atomic mass is 16.5. The fourth-order valence-electron chi connectivity index (χ4n) is 3.65. The van der Waals surface area contributed by atoms with Crippen molar-refractivity contribution in [3.63, 3.8) is 0 Å². The normalized spacial score (nSPS) is 14.9. The summed E-state index contributed by atoms with van der Waals surface area (Å²) in [6.45, 7) is 3.41. The Hall–Kier alpha value is -4.40. The fraction of sp³-hybridized carbons (Fsp3) is 0.231. The number of nitrogens with one attached hydrogen (secondary N) is 1. The van der Waals surface area contributed by atoms with Gasteiger partial charge in [-0.05, 0) is 49.7 Å². The molecule has 0 aliphatic carbocycles. The first-order valence-electron chi connectivity index (χ1n) is 11.2. The molecule has 3 aromatic rings. The van der Waals surface area contributed by atoms with E-state index < -0.39 is 30.6 Å². The number of amides is 2. The van der Waals surface area contributed by atoms with Gasteiger partial charge in [0.05, 0.1) is 24.1 Å². The SMILES string of the molecule is CCOC(=O)Nc1cccc(C(=O)OCC(=O)N2N=C(c3ccc(C)cc3)C[C@H]2c2ccco2)c1. The van der Waals surface area contributed by atoms with E-state index in [2.05, 4.69) is 10.4 Å². The van der Waals surface area contributed by atoms with Gasteiger partial charge in [0.25, 0.3) is 5.91 Å². The lowest BCUT2D eigenvalue weighted by atomic mass is 10.0. The molecule has 2 heterocycles. The molecule has 4 rings (SSSR count). The molecular formula is C26H25N3O6. The van der Waals surface area contributed by atoms with Gasteiger partial charge in [-0.1, -0.05) is 35.9 Å². The van der Waals surface area contributed by atoms with Crippen LogP contribution in [0.3, 0.4) is 0 Å². The van der Waals surface area contributed by atoms with Gasteiger partial charge in [-0.25, -0.2) is 14.6 Å². The first kappa shape index (κ1) is 23.7. The van der Waals surface area contributed by atoms with Crippen LogP contribution < -0.4 is 5.32 Å². The monoisotopic (exact) mass is 475 g/mol. The van der Waals surface area contributed by atoms with E-state index in [1.165, 1.54) is 17.1 Å². The minimum Gasteiger partial charge on any atom is -0.467 e. The molecule has 35 heavy (non-hydrogen) atoms. The minimum atomic E-state index is -0.706. The van der Waals surface area contributed by atoms with Crippen molar-refractivity contribution in [3.05, 3.63) is 89.4 Å². The summed E-state index contributed by atoms with van der Waals surface area (Å²) in [5, 5.41) is 8.35. The second kappa shape index (κ2) is 10.7. The second-order valence-corrected chi connectivity index (χ2v) is 7.89. The van der Waals surface area contributed by atoms with Gasteiger partial charge in [-0.3, -0.25) is 10.1 Å². The third kappa shape index (κ3) is 5.75. The van der Waals surface area contributed by atoms with E-state index in [0.717, 1.165) is 16.8 Å². The number of nitrogens with zero attached hydrogens (tertiary/aromatic N) is 2. The number of furan rings is 1. The van der Waals surface area contributed by atoms with Gasteiger partial charge in [0, 0.05) is 12.1 Å². The standard InChI is InChI=1S/C26H25N3O6/c1-3-33-26(32)27-20-7-4-6-19(14-20)25(31)35-16-24(30)29-22(23-8-5-13-34-23)15-21(28-29)18-11-9-17(2)10-12-18/h4-14,22H,3,15-16H2,1-2H3,(H,27,32)/t22-/m0/s1. The predicted octanol–water partition coefficient (Wildman–Crippen LogP) is 4.69. The zero-order valence-corrected chi connectivity index (χ0v) is 19.4. The Morgan fingerprint density at radius 1 is 1.09 bits per heavy atom. The van der Waals surface area contributed by atoms with Crippen LogP contribution in [0.15, 0.2) is 76.4 Å². The molecule has 1 aliphatic heterocycles. The van der Waals surface area contributed by atoms with Crippen LogP contribution in [0.5, 0.6) is 0 Å². The number of esters is 1. The Morgan fingerprint density at radius 2 is 1.89 bits per heavy atom. The second-order valence-electron chi connectivity index (χ2n) is 7.89. The Balaban J connectivity index is 1.45. The van der Waals surface area contributed by atoms with Gasteiger partial charge in [0.15, 0.2) is 6.61 Å². The molecule has 9 nitrogen and oxygen atoms in total. The molecule has 0 radical (unpaired) electrons. The summed E-state index contributed by atoms with van der Waals surface area (Å²) >= 11 is 0. The number of carbonyl (C=O) groups excluding carboxylic acids is 3. The van der Waals surface area contributed by atoms with Crippen LogP contribution in [0, 0.1) is 6.92 Å². The maximum absolute atomic E-state index is 13.0. The maximum Gasteiger partial charge on any atom is 0.411 e. The molecular weight excluding hydrogens is 450 g/mol. The molecule has 0 saturated heterocycles. The highest BCUT2D eigenvalue weighted by Crippen LogP contribution is 2.33. The topological polar surface area (TPSA) is 110 Å². The molecule has 0 spiro atoms. The number of benzene rings is 2. The molecule has 0 saturated carbocycles. The third-order valence-electron chi connectivity index (χ3n) is 5.37. The number of rotatable bonds is 7. The zero-order chi connectivity index (χ0) is 24.8. The predicted molar refractivity (Wildman–Crippen MR) is 128 cm³/mol. The fourth-order valence-corrected chi connectivity index (χ4v) is 3.65. The largest absolute Gasteiger partial charge is 0.467 e. The van der Waals surface area contributed by atoms with Crippen molar-refractivity contribution in [1.29, 1.82) is 0 Å². The number of anilines is 1. The molecule has 180 valence electrons. The molecule has 0 bridgehead atoms. The average molecular weight is 476 g/mol. The van der Waals surface area contributed by atoms with E-state index in [9.17, 15) is 14.4 Å². The number of hydrazone groups is 1. The van der Waals surface area contributed by atoms with Gasteiger partial charge in [0.2, 0.25) is 0 Å². The molecule has 1 atom stereocenters. The quantitative estimate of drug-likeness (QED) is 0.497. The van der Waals surface area contributed by atoms with Crippen molar-refractivity contribution in [2.24, 2.45) is 5.10 Å². The Morgan fingerprint density at radius 3 is 2.60 bits per heavy atom. The van der Waals surface area contributed by atoms with Gasteiger partial charge in [-0.2, -0.15) is 5.10 Å². The average Bonchev–Trinajstić information content (AvgIpc) is 3.53. The van der Waals surface area contributed by atoms with Crippen molar-refractivity contribution in [1.82, 2.24) is 5.01 Å². The Labute approximate surface area is 202 Å². The Bertz CT molecular complexity index is 1230. The van der Waals surface area contributed by atoms with Gasteiger partial charge in [0.1, 0.15) is 11.8 Å². The lowest BCUT2D eigenvalue weighted by Crippen LogP contribution is -2.31. The highest BCUT2D eigenvalue weighted by molar-refractivity contribution is 6.03. The van der Waals surface area contributed by atoms with E-state index in [1.807, 2.05) is 31.2 Å². The van der Waals surface area contributed by atoms with E-state index in [-0.39, 0.29) is 12.2 Å². The molecule has 2 aromatic carbocycles. The summed E-state index contributed by atoms with van der Waals surface area (Å²) < 4.78 is 15.6. The lowest BCUT2D eigenvalue weighted by Gasteiger charge is -2.19. The van der Waals surface area contributed by atoms with Crippen LogP contribution in [0.1, 0.15) is 46.6 Å². The first-order chi connectivity index (χ1) is 16.9. The van der Waals surface area contributed by atoms with Gasteiger partial charge < -0.3 is 13.9 Å². The van der Waals surface area contributed by atoms with Gasteiger partial charge in [-0.15, -0.1) is 0 Å². The molecule has 1 aliphatic rings. The third-order valence-corrected chi connectivity index (χ3v) is 5.37. The van der Waals surface area contributed by atoms with E-state index in [0.29, 0.717) is 17.9 Å². The van der Waals surface area contributed by atoms with Crippen LogP contribution in [-0.2, 0) is 14.3 Å². The minimum absolute atomic E-state index is 0.181. The van der Waals surface area contributed by atoms with Crippen molar-refractivity contribution < 1.29 is 28.3 Å². The summed E-state index contributed by atoms with van der Waals surface area (Å²) in [7, 11) is 0. The maximum atomic E-state index is 13.0. The smallest absolute Gasteiger partial charge is 0.411 e. The number of hydrogen-bond donors (Lipinski definition) is 1. The number of ether oxygens (including phenoxy) is 2. The number of hydrogen-bond acceptors (Lipinski definition) is 7. The van der Waals surface area contributed by atoms with E-state index in [1.54, 1.807) is 37.5 Å². The van der Waals surface area contributed by atoms with E-state index in [4.69, 9.17) is 13.9 Å². The van der Waals surface area contributed by atoms with Crippen LogP contribution in [0.2, 0.25) is 0 Å². The molecule has 2 amide bonds. The zero-order valence-electron chi connectivity index (χ0n) is 19.4.